The largest absolute Gasteiger partial charge is 0.508 e. The number of carboxylic acids is 1. The van der Waals surface area contributed by atoms with Crippen LogP contribution in [0, 0.1) is 12.8 Å². The van der Waals surface area contributed by atoms with E-state index in [2.05, 4.69) is 15.9 Å². The van der Waals surface area contributed by atoms with E-state index in [1.165, 1.54) is 0 Å². The monoisotopic (exact) mass is 272 g/mol. The Morgan fingerprint density at radius 2 is 2.13 bits per heavy atom. The second-order valence-corrected chi connectivity index (χ2v) is 4.43. The molecule has 0 aliphatic heterocycles. The van der Waals surface area contributed by atoms with Crippen molar-refractivity contribution in [2.24, 2.45) is 5.92 Å². The molecule has 15 heavy (non-hydrogen) atoms. The van der Waals surface area contributed by atoms with E-state index in [1.54, 1.807) is 19.1 Å². The molecule has 0 saturated heterocycles. The molecule has 1 unspecified atom stereocenters. The second-order valence-electron chi connectivity index (χ2n) is 3.64. The van der Waals surface area contributed by atoms with Crippen molar-refractivity contribution >= 4 is 21.9 Å². The summed E-state index contributed by atoms with van der Waals surface area (Å²) in [5.74, 6) is -1.22. The highest BCUT2D eigenvalue weighted by Gasteiger charge is 2.17. The van der Waals surface area contributed by atoms with Crippen molar-refractivity contribution in [3.63, 3.8) is 0 Å². The topological polar surface area (TPSA) is 57.5 Å². The number of hydrogen-bond donors (Lipinski definition) is 2. The molecule has 1 atom stereocenters. The minimum absolute atomic E-state index is 0.139. The van der Waals surface area contributed by atoms with E-state index >= 15 is 0 Å². The summed E-state index contributed by atoms with van der Waals surface area (Å²) >= 11 is 3.36. The maximum atomic E-state index is 10.7. The molecule has 0 spiro atoms. The zero-order chi connectivity index (χ0) is 11.6. The van der Waals surface area contributed by atoms with Crippen LogP contribution in [0.25, 0.3) is 0 Å². The maximum absolute atomic E-state index is 10.7. The summed E-state index contributed by atoms with van der Waals surface area (Å²) in [6, 6.07) is 3.37. The van der Waals surface area contributed by atoms with Gasteiger partial charge in [-0.2, -0.15) is 0 Å². The molecule has 0 saturated carbocycles. The number of rotatable bonds is 3. The van der Waals surface area contributed by atoms with Crippen LogP contribution in [0.15, 0.2) is 16.6 Å². The predicted molar refractivity (Wildman–Crippen MR) is 61.0 cm³/mol. The van der Waals surface area contributed by atoms with Gasteiger partial charge in [0.05, 0.1) is 5.92 Å². The molecule has 0 heterocycles. The molecule has 0 amide bonds. The van der Waals surface area contributed by atoms with Gasteiger partial charge in [0.15, 0.2) is 0 Å². The van der Waals surface area contributed by atoms with Gasteiger partial charge in [0, 0.05) is 10.0 Å². The molecule has 0 bridgehead atoms. The van der Waals surface area contributed by atoms with Gasteiger partial charge in [-0.3, -0.25) is 4.79 Å². The highest BCUT2D eigenvalue weighted by molar-refractivity contribution is 9.10. The standard InChI is InChI=1S/C11H13BrO3/c1-6-3-4-9(13)8(10(6)12)5-7(2)11(14)15/h3-4,7,13H,5H2,1-2H3,(H,14,15). The number of carbonyl (C=O) groups is 1. The van der Waals surface area contributed by atoms with Gasteiger partial charge >= 0.3 is 5.97 Å². The Balaban J connectivity index is 3.03. The van der Waals surface area contributed by atoms with Crippen LogP contribution < -0.4 is 0 Å². The van der Waals surface area contributed by atoms with Gasteiger partial charge in [0.1, 0.15) is 5.75 Å². The van der Waals surface area contributed by atoms with Gasteiger partial charge in [0.2, 0.25) is 0 Å². The molecule has 0 aromatic heterocycles. The molecule has 82 valence electrons. The lowest BCUT2D eigenvalue weighted by atomic mass is 9.99. The van der Waals surface area contributed by atoms with Gasteiger partial charge in [-0.05, 0) is 25.0 Å². The first-order chi connectivity index (χ1) is 6.93. The SMILES string of the molecule is Cc1ccc(O)c(CC(C)C(=O)O)c1Br. The minimum Gasteiger partial charge on any atom is -0.508 e. The summed E-state index contributed by atoms with van der Waals surface area (Å²) in [6.07, 6.45) is 0.323. The molecule has 0 aliphatic carbocycles. The average Bonchev–Trinajstić information content (AvgIpc) is 2.18. The molecule has 0 aliphatic rings. The van der Waals surface area contributed by atoms with Crippen molar-refractivity contribution in [1.29, 1.82) is 0 Å². The molecule has 4 heteroatoms. The number of phenols is 1. The number of hydrogen-bond acceptors (Lipinski definition) is 2. The third-order valence-electron chi connectivity index (χ3n) is 2.34. The van der Waals surface area contributed by atoms with Gasteiger partial charge < -0.3 is 10.2 Å². The van der Waals surface area contributed by atoms with E-state index in [9.17, 15) is 9.90 Å². The third kappa shape index (κ3) is 2.72. The summed E-state index contributed by atoms with van der Waals surface area (Å²) in [7, 11) is 0. The number of phenolic OH excluding ortho intramolecular Hbond substituents is 1. The Bertz CT molecular complexity index is 388. The van der Waals surface area contributed by atoms with E-state index in [0.717, 1.165) is 10.0 Å². The number of aromatic hydroxyl groups is 1. The fourth-order valence-corrected chi connectivity index (χ4v) is 1.81. The Morgan fingerprint density at radius 3 is 2.67 bits per heavy atom. The van der Waals surface area contributed by atoms with Gasteiger partial charge in [0.25, 0.3) is 0 Å². The zero-order valence-corrected chi connectivity index (χ0v) is 10.2. The fourth-order valence-electron chi connectivity index (χ4n) is 1.32. The second kappa shape index (κ2) is 4.66. The molecular formula is C11H13BrO3. The number of carboxylic acid groups (broad SMARTS) is 1. The van der Waals surface area contributed by atoms with Crippen molar-refractivity contribution in [3.05, 3.63) is 27.7 Å². The Kier molecular flexibility index (Phi) is 3.74. The summed E-state index contributed by atoms with van der Waals surface area (Å²) < 4.78 is 0.788. The Labute approximate surface area is 96.9 Å². The fraction of sp³-hybridized carbons (Fsp3) is 0.364. The number of aliphatic carboxylic acids is 1. The molecular weight excluding hydrogens is 260 g/mol. The smallest absolute Gasteiger partial charge is 0.306 e. The van der Waals surface area contributed by atoms with E-state index < -0.39 is 11.9 Å². The Hall–Kier alpha value is -1.03. The molecule has 1 aromatic rings. The zero-order valence-electron chi connectivity index (χ0n) is 8.62. The van der Waals surface area contributed by atoms with Crippen LogP contribution in [0.1, 0.15) is 18.1 Å². The normalized spacial score (nSPS) is 12.5. The third-order valence-corrected chi connectivity index (χ3v) is 3.45. The highest BCUT2D eigenvalue weighted by atomic mass is 79.9. The highest BCUT2D eigenvalue weighted by Crippen LogP contribution is 2.31. The van der Waals surface area contributed by atoms with Crippen LogP contribution in [0.5, 0.6) is 5.75 Å². The number of aryl methyl sites for hydroxylation is 1. The van der Waals surface area contributed by atoms with E-state index in [4.69, 9.17) is 5.11 Å². The molecule has 1 rings (SSSR count). The van der Waals surface area contributed by atoms with Crippen LogP contribution >= 0.6 is 15.9 Å². The molecule has 3 nitrogen and oxygen atoms in total. The number of benzene rings is 1. The minimum atomic E-state index is -0.859. The van der Waals surface area contributed by atoms with Crippen molar-refractivity contribution in [1.82, 2.24) is 0 Å². The van der Waals surface area contributed by atoms with Gasteiger partial charge in [-0.1, -0.05) is 28.9 Å². The molecule has 0 radical (unpaired) electrons. The van der Waals surface area contributed by atoms with Crippen molar-refractivity contribution < 1.29 is 15.0 Å². The summed E-state index contributed by atoms with van der Waals surface area (Å²) in [5.41, 5.74) is 1.64. The van der Waals surface area contributed by atoms with E-state index in [0.29, 0.717) is 12.0 Å². The van der Waals surface area contributed by atoms with Gasteiger partial charge in [-0.25, -0.2) is 0 Å². The first-order valence-corrected chi connectivity index (χ1v) is 5.42. The molecule has 0 fully saturated rings. The predicted octanol–water partition coefficient (Wildman–Crippen LogP) is 2.73. The summed E-state index contributed by atoms with van der Waals surface area (Å²) in [5, 5.41) is 18.4. The average molecular weight is 273 g/mol. The van der Waals surface area contributed by atoms with Crippen LogP contribution in [-0.2, 0) is 11.2 Å². The summed E-state index contributed by atoms with van der Waals surface area (Å²) in [6.45, 7) is 3.52. The van der Waals surface area contributed by atoms with E-state index in [1.807, 2.05) is 6.92 Å². The van der Waals surface area contributed by atoms with Crippen LogP contribution in [0.4, 0.5) is 0 Å². The first kappa shape index (κ1) is 12.0. The van der Waals surface area contributed by atoms with Crippen LogP contribution in [-0.4, -0.2) is 16.2 Å². The number of halogens is 1. The Morgan fingerprint density at radius 1 is 1.53 bits per heavy atom. The van der Waals surface area contributed by atoms with Crippen molar-refractivity contribution in [2.45, 2.75) is 20.3 Å². The lowest BCUT2D eigenvalue weighted by Gasteiger charge is -2.12. The van der Waals surface area contributed by atoms with Crippen LogP contribution in [0.2, 0.25) is 0 Å². The molecule has 2 N–H and O–H groups in total. The quantitative estimate of drug-likeness (QED) is 0.890. The van der Waals surface area contributed by atoms with Crippen LogP contribution in [0.3, 0.4) is 0 Å². The maximum Gasteiger partial charge on any atom is 0.306 e. The van der Waals surface area contributed by atoms with Crippen molar-refractivity contribution in [3.8, 4) is 5.75 Å². The summed E-state index contributed by atoms with van der Waals surface area (Å²) in [4.78, 5) is 10.7. The van der Waals surface area contributed by atoms with Gasteiger partial charge in [-0.15, -0.1) is 0 Å². The lowest BCUT2D eigenvalue weighted by Crippen LogP contribution is -2.12. The molecule has 1 aromatic carbocycles. The lowest BCUT2D eigenvalue weighted by molar-refractivity contribution is -0.141. The van der Waals surface area contributed by atoms with Crippen molar-refractivity contribution in [2.75, 3.05) is 0 Å². The first-order valence-electron chi connectivity index (χ1n) is 4.63. The van der Waals surface area contributed by atoms with E-state index in [-0.39, 0.29) is 5.75 Å².